The van der Waals surface area contributed by atoms with Crippen LogP contribution in [0.5, 0.6) is 11.5 Å². The summed E-state index contributed by atoms with van der Waals surface area (Å²) in [5, 5.41) is 13.1. The number of phenols is 1. The third-order valence-corrected chi connectivity index (χ3v) is 2.16. The van der Waals surface area contributed by atoms with E-state index in [1.54, 1.807) is 18.2 Å². The van der Waals surface area contributed by atoms with Gasteiger partial charge in [0.15, 0.2) is 6.61 Å². The minimum Gasteiger partial charge on any atom is -0.508 e. The van der Waals surface area contributed by atoms with Crippen LogP contribution in [0.15, 0.2) is 28.8 Å². The van der Waals surface area contributed by atoms with Crippen LogP contribution in [0.1, 0.15) is 25.1 Å². The lowest BCUT2D eigenvalue weighted by molar-refractivity contribution is 0.284. The quantitative estimate of drug-likeness (QED) is 0.859. The zero-order valence-electron chi connectivity index (χ0n) is 9.59. The molecule has 0 aliphatic rings. The van der Waals surface area contributed by atoms with E-state index in [4.69, 9.17) is 9.26 Å². The van der Waals surface area contributed by atoms with Crippen molar-refractivity contribution in [3.05, 3.63) is 36.0 Å². The van der Waals surface area contributed by atoms with Crippen molar-refractivity contribution in [2.24, 2.45) is 0 Å². The molecule has 0 radical (unpaired) electrons. The first-order valence-corrected chi connectivity index (χ1v) is 5.51. The standard InChI is InChI=1S/C12H14N2O3/c1-2-4-12-13-11(14-17-12)8-16-10-6-3-5-9(15)7-10/h3,5-7,15H,2,4,8H2,1H3. The van der Waals surface area contributed by atoms with Gasteiger partial charge >= 0.3 is 0 Å². The molecule has 5 heteroatoms. The molecule has 5 nitrogen and oxygen atoms in total. The number of phenolic OH excluding ortho intramolecular Hbond substituents is 1. The van der Waals surface area contributed by atoms with Crippen LogP contribution >= 0.6 is 0 Å². The predicted molar refractivity (Wildman–Crippen MR) is 60.7 cm³/mol. The number of aromatic nitrogens is 2. The van der Waals surface area contributed by atoms with Crippen LogP contribution in [0.3, 0.4) is 0 Å². The number of rotatable bonds is 5. The van der Waals surface area contributed by atoms with E-state index in [-0.39, 0.29) is 12.4 Å². The van der Waals surface area contributed by atoms with Gasteiger partial charge in [0, 0.05) is 12.5 Å². The van der Waals surface area contributed by atoms with E-state index in [1.165, 1.54) is 6.07 Å². The number of aryl methyl sites for hydroxylation is 1. The number of ether oxygens (including phenoxy) is 1. The fraction of sp³-hybridized carbons (Fsp3) is 0.333. The van der Waals surface area contributed by atoms with Crippen LogP contribution in [-0.2, 0) is 13.0 Å². The van der Waals surface area contributed by atoms with E-state index in [0.717, 1.165) is 12.8 Å². The fourth-order valence-electron chi connectivity index (χ4n) is 1.39. The molecule has 0 fully saturated rings. The molecule has 0 saturated carbocycles. The largest absolute Gasteiger partial charge is 0.508 e. The molecule has 0 bridgehead atoms. The zero-order chi connectivity index (χ0) is 12.1. The lowest BCUT2D eigenvalue weighted by atomic mass is 10.3. The van der Waals surface area contributed by atoms with Gasteiger partial charge in [0.2, 0.25) is 11.7 Å². The van der Waals surface area contributed by atoms with Gasteiger partial charge in [-0.3, -0.25) is 0 Å². The van der Waals surface area contributed by atoms with E-state index >= 15 is 0 Å². The summed E-state index contributed by atoms with van der Waals surface area (Å²) in [4.78, 5) is 4.17. The predicted octanol–water partition coefficient (Wildman–Crippen LogP) is 2.31. The highest BCUT2D eigenvalue weighted by Crippen LogP contribution is 2.18. The summed E-state index contributed by atoms with van der Waals surface area (Å²) in [6.07, 6.45) is 1.74. The Labute approximate surface area is 99.0 Å². The maximum atomic E-state index is 9.25. The maximum Gasteiger partial charge on any atom is 0.226 e. The normalized spacial score (nSPS) is 10.4. The molecule has 0 atom stereocenters. The maximum absolute atomic E-state index is 9.25. The Morgan fingerprint density at radius 3 is 3.06 bits per heavy atom. The number of hydrogen-bond donors (Lipinski definition) is 1. The van der Waals surface area contributed by atoms with E-state index in [1.807, 2.05) is 6.92 Å². The first-order valence-electron chi connectivity index (χ1n) is 5.51. The first kappa shape index (κ1) is 11.4. The molecule has 1 heterocycles. The molecule has 0 spiro atoms. The zero-order valence-corrected chi connectivity index (χ0v) is 9.59. The second-order valence-corrected chi connectivity index (χ2v) is 3.64. The molecule has 2 rings (SSSR count). The monoisotopic (exact) mass is 234 g/mol. The molecular weight excluding hydrogens is 220 g/mol. The van der Waals surface area contributed by atoms with Gasteiger partial charge in [-0.1, -0.05) is 18.1 Å². The van der Waals surface area contributed by atoms with Gasteiger partial charge in [-0.05, 0) is 18.6 Å². The smallest absolute Gasteiger partial charge is 0.226 e. The van der Waals surface area contributed by atoms with Crippen molar-refractivity contribution < 1.29 is 14.4 Å². The lowest BCUT2D eigenvalue weighted by Gasteiger charge is -2.02. The molecule has 1 N–H and O–H groups in total. The van der Waals surface area contributed by atoms with Gasteiger partial charge < -0.3 is 14.4 Å². The van der Waals surface area contributed by atoms with Crippen LogP contribution in [0.2, 0.25) is 0 Å². The third kappa shape index (κ3) is 3.21. The van der Waals surface area contributed by atoms with Crippen molar-refractivity contribution in [1.29, 1.82) is 0 Å². The Balaban J connectivity index is 1.93. The summed E-state index contributed by atoms with van der Waals surface area (Å²) in [6, 6.07) is 6.59. The van der Waals surface area contributed by atoms with Crippen molar-refractivity contribution in [1.82, 2.24) is 10.1 Å². The minimum atomic E-state index is 0.169. The van der Waals surface area contributed by atoms with Crippen molar-refractivity contribution in [2.75, 3.05) is 0 Å². The number of nitrogens with zero attached hydrogens (tertiary/aromatic N) is 2. The highest BCUT2D eigenvalue weighted by molar-refractivity contribution is 5.31. The SMILES string of the molecule is CCCc1nc(COc2cccc(O)c2)no1. The van der Waals surface area contributed by atoms with Gasteiger partial charge in [0.05, 0.1) is 0 Å². The minimum absolute atomic E-state index is 0.169. The van der Waals surface area contributed by atoms with Crippen molar-refractivity contribution in [2.45, 2.75) is 26.4 Å². The molecule has 90 valence electrons. The molecule has 0 saturated heterocycles. The Morgan fingerprint density at radius 2 is 2.29 bits per heavy atom. The van der Waals surface area contributed by atoms with E-state index in [9.17, 15) is 5.11 Å². The third-order valence-electron chi connectivity index (χ3n) is 2.16. The molecule has 0 aliphatic heterocycles. The highest BCUT2D eigenvalue weighted by atomic mass is 16.5. The van der Waals surface area contributed by atoms with Crippen LogP contribution in [0.25, 0.3) is 0 Å². The average Bonchev–Trinajstić information content (AvgIpc) is 2.75. The molecule has 1 aromatic heterocycles. The Bertz CT molecular complexity index is 482. The van der Waals surface area contributed by atoms with Crippen molar-refractivity contribution in [3.8, 4) is 11.5 Å². The second-order valence-electron chi connectivity index (χ2n) is 3.64. The Kier molecular flexibility index (Phi) is 3.59. The van der Waals surface area contributed by atoms with Gasteiger partial charge in [0.1, 0.15) is 11.5 Å². The molecule has 0 aliphatic carbocycles. The average molecular weight is 234 g/mol. The summed E-state index contributed by atoms with van der Waals surface area (Å²) >= 11 is 0. The summed E-state index contributed by atoms with van der Waals surface area (Å²) in [6.45, 7) is 2.28. The topological polar surface area (TPSA) is 68.4 Å². The second kappa shape index (κ2) is 5.34. The van der Waals surface area contributed by atoms with E-state index in [2.05, 4.69) is 10.1 Å². The van der Waals surface area contributed by atoms with E-state index < -0.39 is 0 Å². The highest BCUT2D eigenvalue weighted by Gasteiger charge is 2.06. The van der Waals surface area contributed by atoms with Crippen molar-refractivity contribution >= 4 is 0 Å². The molecule has 0 unspecified atom stereocenters. The van der Waals surface area contributed by atoms with Crippen LogP contribution in [-0.4, -0.2) is 15.2 Å². The summed E-state index contributed by atoms with van der Waals surface area (Å²) in [5.74, 6) is 1.88. The molecular formula is C12H14N2O3. The molecule has 1 aromatic carbocycles. The Hall–Kier alpha value is -2.04. The van der Waals surface area contributed by atoms with Gasteiger partial charge in [0.25, 0.3) is 0 Å². The molecule has 2 aromatic rings. The van der Waals surface area contributed by atoms with Gasteiger partial charge in [-0.15, -0.1) is 0 Å². The fourth-order valence-corrected chi connectivity index (χ4v) is 1.39. The Morgan fingerprint density at radius 1 is 1.41 bits per heavy atom. The number of benzene rings is 1. The number of hydrogen-bond acceptors (Lipinski definition) is 5. The lowest BCUT2D eigenvalue weighted by Crippen LogP contribution is -1.97. The molecule has 0 amide bonds. The van der Waals surface area contributed by atoms with Crippen LogP contribution in [0, 0.1) is 0 Å². The number of aromatic hydroxyl groups is 1. The van der Waals surface area contributed by atoms with Crippen LogP contribution < -0.4 is 4.74 Å². The van der Waals surface area contributed by atoms with Crippen LogP contribution in [0.4, 0.5) is 0 Å². The molecule has 17 heavy (non-hydrogen) atoms. The summed E-state index contributed by atoms with van der Waals surface area (Å²) in [5.41, 5.74) is 0. The van der Waals surface area contributed by atoms with Gasteiger partial charge in [-0.25, -0.2) is 0 Å². The van der Waals surface area contributed by atoms with Gasteiger partial charge in [-0.2, -0.15) is 4.98 Å². The van der Waals surface area contributed by atoms with Crippen molar-refractivity contribution in [3.63, 3.8) is 0 Å². The summed E-state index contributed by atoms with van der Waals surface area (Å²) < 4.78 is 10.4. The summed E-state index contributed by atoms with van der Waals surface area (Å²) in [7, 11) is 0. The first-order chi connectivity index (χ1) is 8.28. The van der Waals surface area contributed by atoms with E-state index in [0.29, 0.717) is 17.5 Å².